The quantitative estimate of drug-likeness (QED) is 0.611. The molecule has 7 nitrogen and oxygen atoms in total. The summed E-state index contributed by atoms with van der Waals surface area (Å²) in [4.78, 5) is 36.5. The zero-order valence-electron chi connectivity index (χ0n) is 16.8. The highest BCUT2D eigenvalue weighted by molar-refractivity contribution is 5.89. The molecule has 0 aromatic heterocycles. The topological polar surface area (TPSA) is 96.5 Å². The SMILES string of the molecule is CNC(=O)C(NC(=O)CC(NC(C)=O)c1ccc(OC)cc1)c1ccc(F)c(F)c1. The second kappa shape index (κ2) is 10.3. The fourth-order valence-electron chi connectivity index (χ4n) is 2.88. The fourth-order valence-corrected chi connectivity index (χ4v) is 2.88. The Kier molecular flexibility index (Phi) is 7.85. The number of nitrogens with one attached hydrogen (secondary N) is 3. The molecular weight excluding hydrogens is 396 g/mol. The minimum atomic E-state index is -1.23. The van der Waals surface area contributed by atoms with E-state index >= 15 is 0 Å². The van der Waals surface area contributed by atoms with Gasteiger partial charge in [0, 0.05) is 14.0 Å². The van der Waals surface area contributed by atoms with Crippen molar-refractivity contribution in [1.29, 1.82) is 0 Å². The number of ether oxygens (including phenoxy) is 1. The zero-order valence-corrected chi connectivity index (χ0v) is 16.8. The van der Waals surface area contributed by atoms with Crippen LogP contribution >= 0.6 is 0 Å². The molecule has 0 aliphatic rings. The second-order valence-corrected chi connectivity index (χ2v) is 6.52. The lowest BCUT2D eigenvalue weighted by atomic mass is 10.0. The van der Waals surface area contributed by atoms with Crippen LogP contribution in [0.3, 0.4) is 0 Å². The molecule has 0 saturated heterocycles. The Morgan fingerprint density at radius 2 is 1.60 bits per heavy atom. The number of halogens is 2. The molecule has 3 N–H and O–H groups in total. The summed E-state index contributed by atoms with van der Waals surface area (Å²) in [6.45, 7) is 1.32. The standard InChI is InChI=1S/C21H23F2N3O4/c1-12(27)25-18(13-4-7-15(30-3)8-5-13)11-19(28)26-20(21(29)24-2)14-6-9-16(22)17(23)10-14/h4-10,18,20H,11H2,1-3H3,(H,24,29)(H,25,27)(H,26,28). The summed E-state index contributed by atoms with van der Waals surface area (Å²) in [6, 6.07) is 7.85. The van der Waals surface area contributed by atoms with Gasteiger partial charge in [-0.2, -0.15) is 0 Å². The summed E-state index contributed by atoms with van der Waals surface area (Å²) in [7, 11) is 2.88. The minimum Gasteiger partial charge on any atom is -0.497 e. The number of hydrogen-bond donors (Lipinski definition) is 3. The highest BCUT2D eigenvalue weighted by atomic mass is 19.2. The normalized spacial score (nSPS) is 12.4. The van der Waals surface area contributed by atoms with Crippen LogP contribution in [0.25, 0.3) is 0 Å². The van der Waals surface area contributed by atoms with E-state index in [9.17, 15) is 23.2 Å². The molecule has 2 unspecified atom stereocenters. The molecule has 0 aliphatic carbocycles. The first kappa shape index (κ1) is 22.8. The molecule has 0 aliphatic heterocycles. The van der Waals surface area contributed by atoms with Crippen LogP contribution in [0.5, 0.6) is 5.75 Å². The third-order valence-corrected chi connectivity index (χ3v) is 4.38. The van der Waals surface area contributed by atoms with Gasteiger partial charge < -0.3 is 20.7 Å². The molecular formula is C21H23F2N3O4. The fraction of sp³-hybridized carbons (Fsp3) is 0.286. The summed E-state index contributed by atoms with van der Waals surface area (Å²) in [5.41, 5.74) is 0.743. The van der Waals surface area contributed by atoms with E-state index in [1.807, 2.05) is 0 Å². The van der Waals surface area contributed by atoms with Crippen LogP contribution in [0.15, 0.2) is 42.5 Å². The number of carbonyl (C=O) groups excluding carboxylic acids is 3. The summed E-state index contributed by atoms with van der Waals surface area (Å²) in [6.07, 6.45) is -0.178. The van der Waals surface area contributed by atoms with Gasteiger partial charge in [0.1, 0.15) is 11.8 Å². The molecule has 3 amide bonds. The molecule has 0 heterocycles. The molecule has 30 heavy (non-hydrogen) atoms. The molecule has 2 rings (SSSR count). The van der Waals surface area contributed by atoms with Gasteiger partial charge in [-0.05, 0) is 35.4 Å². The van der Waals surface area contributed by atoms with Crippen LogP contribution in [0.2, 0.25) is 0 Å². The Balaban J connectivity index is 2.21. The number of benzene rings is 2. The lowest BCUT2D eigenvalue weighted by molar-refractivity contribution is -0.129. The number of methoxy groups -OCH3 is 1. The molecule has 0 saturated carbocycles. The average molecular weight is 419 g/mol. The van der Waals surface area contributed by atoms with Gasteiger partial charge in [-0.15, -0.1) is 0 Å². The summed E-state index contributed by atoms with van der Waals surface area (Å²) < 4.78 is 31.9. The summed E-state index contributed by atoms with van der Waals surface area (Å²) in [5, 5.41) is 7.58. The highest BCUT2D eigenvalue weighted by Crippen LogP contribution is 2.22. The maximum Gasteiger partial charge on any atom is 0.246 e. The predicted octanol–water partition coefficient (Wildman–Crippen LogP) is 2.14. The number of hydrogen-bond acceptors (Lipinski definition) is 4. The molecule has 0 spiro atoms. The first-order valence-corrected chi connectivity index (χ1v) is 9.12. The predicted molar refractivity (Wildman–Crippen MR) is 105 cm³/mol. The van der Waals surface area contributed by atoms with Crippen molar-refractivity contribution < 1.29 is 27.9 Å². The zero-order chi connectivity index (χ0) is 22.3. The van der Waals surface area contributed by atoms with E-state index in [0.717, 1.165) is 12.1 Å². The molecule has 2 aromatic rings. The third-order valence-electron chi connectivity index (χ3n) is 4.38. The van der Waals surface area contributed by atoms with E-state index in [1.54, 1.807) is 24.3 Å². The van der Waals surface area contributed by atoms with E-state index in [1.165, 1.54) is 27.1 Å². The van der Waals surface area contributed by atoms with Crippen molar-refractivity contribution in [3.05, 3.63) is 65.2 Å². The Labute approximate surface area is 172 Å². The van der Waals surface area contributed by atoms with E-state index in [0.29, 0.717) is 11.3 Å². The van der Waals surface area contributed by atoms with Gasteiger partial charge in [-0.25, -0.2) is 8.78 Å². The van der Waals surface area contributed by atoms with Gasteiger partial charge >= 0.3 is 0 Å². The monoisotopic (exact) mass is 419 g/mol. The first-order chi connectivity index (χ1) is 14.2. The molecule has 160 valence electrons. The molecule has 2 aromatic carbocycles. The second-order valence-electron chi connectivity index (χ2n) is 6.52. The van der Waals surface area contributed by atoms with Gasteiger partial charge in [0.2, 0.25) is 17.7 Å². The number of likely N-dealkylation sites (N-methyl/N-ethyl adjacent to an activating group) is 1. The van der Waals surface area contributed by atoms with E-state index in [-0.39, 0.29) is 17.9 Å². The van der Waals surface area contributed by atoms with Crippen LogP contribution in [-0.4, -0.2) is 31.9 Å². The van der Waals surface area contributed by atoms with Crippen molar-refractivity contribution in [1.82, 2.24) is 16.0 Å². The lowest BCUT2D eigenvalue weighted by Gasteiger charge is -2.22. The van der Waals surface area contributed by atoms with Gasteiger partial charge in [-0.3, -0.25) is 14.4 Å². The maximum atomic E-state index is 13.6. The van der Waals surface area contributed by atoms with Gasteiger partial charge in [0.15, 0.2) is 11.6 Å². The third kappa shape index (κ3) is 6.00. The average Bonchev–Trinajstić information content (AvgIpc) is 2.72. The van der Waals surface area contributed by atoms with Gasteiger partial charge in [0.05, 0.1) is 19.6 Å². The number of rotatable bonds is 8. The van der Waals surface area contributed by atoms with Crippen LogP contribution in [0.1, 0.15) is 36.6 Å². The van der Waals surface area contributed by atoms with Crippen molar-refractivity contribution in [2.75, 3.05) is 14.2 Å². The van der Waals surface area contributed by atoms with Crippen molar-refractivity contribution in [3.63, 3.8) is 0 Å². The van der Waals surface area contributed by atoms with Crippen LogP contribution in [-0.2, 0) is 14.4 Å². The van der Waals surface area contributed by atoms with Gasteiger partial charge in [0.25, 0.3) is 0 Å². The van der Waals surface area contributed by atoms with Crippen molar-refractivity contribution in [3.8, 4) is 5.75 Å². The Bertz CT molecular complexity index is 919. The van der Waals surface area contributed by atoms with Crippen molar-refractivity contribution >= 4 is 17.7 Å². The van der Waals surface area contributed by atoms with E-state index in [4.69, 9.17) is 4.74 Å². The largest absolute Gasteiger partial charge is 0.497 e. The molecule has 0 fully saturated rings. The number of carbonyl (C=O) groups is 3. The van der Waals surface area contributed by atoms with Crippen LogP contribution in [0.4, 0.5) is 8.78 Å². The molecule has 9 heteroatoms. The summed E-state index contributed by atoms with van der Waals surface area (Å²) >= 11 is 0. The molecule has 2 atom stereocenters. The number of amides is 3. The highest BCUT2D eigenvalue weighted by Gasteiger charge is 2.25. The van der Waals surface area contributed by atoms with Crippen molar-refractivity contribution in [2.45, 2.75) is 25.4 Å². The summed E-state index contributed by atoms with van der Waals surface area (Å²) in [5.74, 6) is -3.09. The van der Waals surface area contributed by atoms with Gasteiger partial charge in [-0.1, -0.05) is 18.2 Å². The van der Waals surface area contributed by atoms with E-state index in [2.05, 4.69) is 16.0 Å². The Hall–Kier alpha value is -3.49. The van der Waals surface area contributed by atoms with Crippen LogP contribution < -0.4 is 20.7 Å². The molecule has 0 radical (unpaired) electrons. The first-order valence-electron chi connectivity index (χ1n) is 9.12. The van der Waals surface area contributed by atoms with Crippen molar-refractivity contribution in [2.24, 2.45) is 0 Å². The smallest absolute Gasteiger partial charge is 0.246 e. The maximum absolute atomic E-state index is 13.6. The Morgan fingerprint density at radius 1 is 0.967 bits per heavy atom. The van der Waals surface area contributed by atoms with Crippen LogP contribution in [0, 0.1) is 11.6 Å². The minimum absolute atomic E-state index is 0.0853. The van der Waals surface area contributed by atoms with E-state index < -0.39 is 35.5 Å². The Morgan fingerprint density at radius 3 is 2.13 bits per heavy atom. The molecule has 0 bridgehead atoms. The lowest BCUT2D eigenvalue weighted by Crippen LogP contribution is -2.40.